The third-order valence-corrected chi connectivity index (χ3v) is 6.35. The molecule has 5 rings (SSSR count). The molecule has 2 heterocycles. The van der Waals surface area contributed by atoms with Crippen LogP contribution >= 0.6 is 0 Å². The van der Waals surface area contributed by atoms with Gasteiger partial charge in [0.1, 0.15) is 12.4 Å². The molecule has 1 atom stereocenters. The fraction of sp³-hybridized carbons (Fsp3) is 0.385. The number of nitrogens with one attached hydrogen (secondary N) is 1. The molecule has 7 nitrogen and oxygen atoms in total. The maximum absolute atomic E-state index is 13.3. The highest BCUT2D eigenvalue weighted by Crippen LogP contribution is 2.30. The van der Waals surface area contributed by atoms with Crippen molar-refractivity contribution in [3.63, 3.8) is 0 Å². The largest absolute Gasteiger partial charge is 0.493 e. The summed E-state index contributed by atoms with van der Waals surface area (Å²) in [4.78, 5) is 13.0. The maximum Gasteiger partial charge on any atom is 0.272 e. The topological polar surface area (TPSA) is 74.6 Å². The van der Waals surface area contributed by atoms with Gasteiger partial charge in [0.25, 0.3) is 5.91 Å². The molecular weight excluding hydrogens is 437 g/mol. The number of halogens is 1. The number of rotatable bonds is 8. The highest BCUT2D eigenvalue weighted by atomic mass is 19.1. The minimum atomic E-state index is -0.302. The summed E-state index contributed by atoms with van der Waals surface area (Å²) in [7, 11) is 1.60. The number of carbonyl (C=O) groups excluding carboxylic acids is 1. The van der Waals surface area contributed by atoms with E-state index in [0.717, 1.165) is 61.2 Å². The molecule has 1 aliphatic carbocycles. The lowest BCUT2D eigenvalue weighted by atomic mass is 10.1. The second-order valence-electron chi connectivity index (χ2n) is 8.63. The highest BCUT2D eigenvalue weighted by Gasteiger charge is 2.27. The third-order valence-electron chi connectivity index (χ3n) is 6.35. The van der Waals surface area contributed by atoms with Crippen molar-refractivity contribution >= 4 is 5.91 Å². The third kappa shape index (κ3) is 4.63. The normalized spacial score (nSPS) is 16.9. The minimum Gasteiger partial charge on any atom is -0.493 e. The van der Waals surface area contributed by atoms with Crippen molar-refractivity contribution in [1.29, 1.82) is 0 Å². The molecule has 8 heteroatoms. The predicted molar refractivity (Wildman–Crippen MR) is 124 cm³/mol. The van der Waals surface area contributed by atoms with E-state index in [-0.39, 0.29) is 17.8 Å². The Kier molecular flexibility index (Phi) is 6.49. The molecule has 1 unspecified atom stereocenters. The zero-order valence-electron chi connectivity index (χ0n) is 19.2. The van der Waals surface area contributed by atoms with Crippen molar-refractivity contribution in [1.82, 2.24) is 15.1 Å². The van der Waals surface area contributed by atoms with Crippen LogP contribution in [0.1, 0.15) is 46.6 Å². The number of amides is 1. The monoisotopic (exact) mass is 465 g/mol. The molecule has 3 aromatic rings. The van der Waals surface area contributed by atoms with Gasteiger partial charge in [-0.25, -0.2) is 9.07 Å². The molecule has 1 fully saturated rings. The van der Waals surface area contributed by atoms with Gasteiger partial charge >= 0.3 is 0 Å². The van der Waals surface area contributed by atoms with Gasteiger partial charge in [-0.1, -0.05) is 6.07 Å². The molecule has 1 amide bonds. The zero-order chi connectivity index (χ0) is 23.5. The summed E-state index contributed by atoms with van der Waals surface area (Å²) >= 11 is 0. The van der Waals surface area contributed by atoms with Gasteiger partial charge in [-0.15, -0.1) is 0 Å². The highest BCUT2D eigenvalue weighted by molar-refractivity contribution is 5.94. The lowest BCUT2D eigenvalue weighted by Crippen LogP contribution is -2.24. The molecule has 1 N–H and O–H groups in total. The first-order valence-corrected chi connectivity index (χ1v) is 11.7. The Bertz CT molecular complexity index is 1170. The van der Waals surface area contributed by atoms with Crippen molar-refractivity contribution in [2.24, 2.45) is 0 Å². The number of nitrogens with zero attached hydrogens (tertiary/aromatic N) is 2. The van der Waals surface area contributed by atoms with Gasteiger partial charge in [0, 0.05) is 24.4 Å². The number of hydrogen-bond acceptors (Lipinski definition) is 5. The molecule has 1 saturated heterocycles. The van der Waals surface area contributed by atoms with E-state index in [9.17, 15) is 9.18 Å². The van der Waals surface area contributed by atoms with Crippen LogP contribution in [-0.2, 0) is 24.1 Å². The fourth-order valence-electron chi connectivity index (χ4n) is 4.58. The molecule has 0 bridgehead atoms. The zero-order valence-corrected chi connectivity index (χ0v) is 19.2. The first-order valence-electron chi connectivity index (χ1n) is 11.7. The summed E-state index contributed by atoms with van der Waals surface area (Å²) < 4.78 is 32.1. The molecule has 34 heavy (non-hydrogen) atoms. The van der Waals surface area contributed by atoms with Crippen LogP contribution in [0.4, 0.5) is 4.39 Å². The molecule has 0 radical (unpaired) electrons. The van der Waals surface area contributed by atoms with E-state index in [4.69, 9.17) is 14.2 Å². The molecule has 1 aliphatic heterocycles. The summed E-state index contributed by atoms with van der Waals surface area (Å²) in [5.41, 5.74) is 4.06. The number of hydrogen-bond donors (Lipinski definition) is 1. The Labute approximate surface area is 197 Å². The SMILES string of the molecule is COc1cc(CNC(=O)c2nn(-c3ccc(F)cc3)c3c2CCC3)ccc1OCC1CCCO1. The lowest BCUT2D eigenvalue weighted by Gasteiger charge is -2.15. The van der Waals surface area contributed by atoms with E-state index in [1.807, 2.05) is 18.2 Å². The Hall–Kier alpha value is -3.39. The van der Waals surface area contributed by atoms with Crippen molar-refractivity contribution < 1.29 is 23.4 Å². The molecule has 0 spiro atoms. The summed E-state index contributed by atoms with van der Waals surface area (Å²) in [6.07, 6.45) is 4.82. The van der Waals surface area contributed by atoms with Gasteiger partial charge in [0.05, 0.1) is 18.9 Å². The van der Waals surface area contributed by atoms with E-state index in [2.05, 4.69) is 10.4 Å². The number of benzene rings is 2. The number of fused-ring (bicyclic) bond motifs is 1. The Balaban J connectivity index is 1.27. The Morgan fingerprint density at radius 2 is 2.03 bits per heavy atom. The van der Waals surface area contributed by atoms with Crippen LogP contribution in [0, 0.1) is 5.82 Å². The van der Waals surface area contributed by atoms with Crippen molar-refractivity contribution in [3.05, 3.63) is 70.8 Å². The maximum atomic E-state index is 13.3. The van der Waals surface area contributed by atoms with Crippen molar-refractivity contribution in [2.75, 3.05) is 20.3 Å². The van der Waals surface area contributed by atoms with E-state index < -0.39 is 0 Å². The Morgan fingerprint density at radius 1 is 1.18 bits per heavy atom. The first kappa shape index (κ1) is 22.4. The standard InChI is InChI=1S/C26H28FN3O4/c1-32-24-14-17(7-12-23(24)34-16-20-4-3-13-33-20)15-28-26(31)25-21-5-2-6-22(21)30(29-25)19-10-8-18(27)9-11-19/h7-12,14,20H,2-6,13,15-16H2,1H3,(H,28,31). The average Bonchev–Trinajstić information content (AvgIpc) is 3.60. The van der Waals surface area contributed by atoms with Gasteiger partial charge in [-0.3, -0.25) is 4.79 Å². The number of carbonyl (C=O) groups is 1. The van der Waals surface area contributed by atoms with Crippen LogP contribution < -0.4 is 14.8 Å². The predicted octanol–water partition coefficient (Wildman–Crippen LogP) is 4.00. The van der Waals surface area contributed by atoms with E-state index in [0.29, 0.717) is 30.3 Å². The van der Waals surface area contributed by atoms with Crippen LogP contribution in [0.3, 0.4) is 0 Å². The van der Waals surface area contributed by atoms with E-state index >= 15 is 0 Å². The second kappa shape index (κ2) is 9.85. The van der Waals surface area contributed by atoms with Gasteiger partial charge in [-0.2, -0.15) is 5.10 Å². The molecule has 0 saturated carbocycles. The van der Waals surface area contributed by atoms with Gasteiger partial charge in [0.2, 0.25) is 0 Å². The van der Waals surface area contributed by atoms with Crippen LogP contribution in [-0.4, -0.2) is 42.1 Å². The molecular formula is C26H28FN3O4. The molecule has 2 aromatic carbocycles. The van der Waals surface area contributed by atoms with Crippen molar-refractivity contribution in [2.45, 2.75) is 44.8 Å². The average molecular weight is 466 g/mol. The number of aromatic nitrogens is 2. The quantitative estimate of drug-likeness (QED) is 0.544. The summed E-state index contributed by atoms with van der Waals surface area (Å²) in [6.45, 7) is 1.61. The lowest BCUT2D eigenvalue weighted by molar-refractivity contribution is 0.0669. The van der Waals surface area contributed by atoms with Gasteiger partial charge in [0.15, 0.2) is 17.2 Å². The van der Waals surface area contributed by atoms with Crippen LogP contribution in [0.25, 0.3) is 5.69 Å². The minimum absolute atomic E-state index is 0.125. The van der Waals surface area contributed by atoms with E-state index in [1.54, 1.807) is 23.9 Å². The second-order valence-corrected chi connectivity index (χ2v) is 8.63. The Morgan fingerprint density at radius 3 is 2.79 bits per heavy atom. The number of methoxy groups -OCH3 is 1. The molecule has 2 aliphatic rings. The van der Waals surface area contributed by atoms with Gasteiger partial charge < -0.3 is 19.5 Å². The van der Waals surface area contributed by atoms with Crippen LogP contribution in [0.15, 0.2) is 42.5 Å². The van der Waals surface area contributed by atoms with E-state index in [1.165, 1.54) is 12.1 Å². The summed E-state index contributed by atoms with van der Waals surface area (Å²) in [6, 6.07) is 11.8. The molecule has 1 aromatic heterocycles. The summed E-state index contributed by atoms with van der Waals surface area (Å²) in [5.74, 6) is 0.746. The smallest absolute Gasteiger partial charge is 0.272 e. The van der Waals surface area contributed by atoms with Crippen LogP contribution in [0.2, 0.25) is 0 Å². The van der Waals surface area contributed by atoms with Crippen LogP contribution in [0.5, 0.6) is 11.5 Å². The fourth-order valence-corrected chi connectivity index (χ4v) is 4.58. The number of ether oxygens (including phenoxy) is 3. The molecule has 178 valence electrons. The summed E-state index contributed by atoms with van der Waals surface area (Å²) in [5, 5.41) is 7.55. The first-order chi connectivity index (χ1) is 16.6. The van der Waals surface area contributed by atoms with Gasteiger partial charge in [-0.05, 0) is 74.1 Å². The van der Waals surface area contributed by atoms with Crippen molar-refractivity contribution in [3.8, 4) is 17.2 Å².